The third-order valence-electron chi connectivity index (χ3n) is 11.1. The Morgan fingerprint density at radius 2 is 0.388 bits per heavy atom. The molecule has 0 aromatic heterocycles. The average molecular weight is 726 g/mol. The molecule has 0 amide bonds. The summed E-state index contributed by atoms with van der Waals surface area (Å²) in [4.78, 5) is 0. The maximum atomic E-state index is 2.55. The molecule has 12 rings (SSSR count). The van der Waals surface area contributed by atoms with Crippen LogP contribution in [0.1, 0.15) is 0 Å². The van der Waals surface area contributed by atoms with Crippen molar-refractivity contribution < 1.29 is 0 Å². The summed E-state index contributed by atoms with van der Waals surface area (Å²) in [6.45, 7) is 0. The van der Waals surface area contributed by atoms with Gasteiger partial charge in [-0.1, -0.05) is 0 Å². The minimum absolute atomic E-state index is 1.32. The third-order valence-corrected chi connectivity index (χ3v) is 17.8. The van der Waals surface area contributed by atoms with E-state index in [2.05, 4.69) is 164 Å². The molecule has 0 radical (unpaired) electrons. The van der Waals surface area contributed by atoms with Crippen molar-refractivity contribution >= 4 is 128 Å². The molecule has 0 saturated heterocycles. The Morgan fingerprint density at radius 3 is 0.612 bits per heavy atom. The van der Waals surface area contributed by atoms with Gasteiger partial charge in [-0.15, -0.1) is 0 Å². The van der Waals surface area contributed by atoms with Gasteiger partial charge in [-0.3, -0.25) is 0 Å². The predicted molar refractivity (Wildman–Crippen MR) is 215 cm³/mol. The maximum absolute atomic E-state index is 2.63. The van der Waals surface area contributed by atoms with Gasteiger partial charge >= 0.3 is 291 Å². The molecule has 12 aromatic carbocycles. The topological polar surface area (TPSA) is 0 Å². The Balaban J connectivity index is 1.18. The summed E-state index contributed by atoms with van der Waals surface area (Å²) in [5.41, 5.74) is 0. The van der Waals surface area contributed by atoms with Gasteiger partial charge in [-0.2, -0.15) is 0 Å². The van der Waals surface area contributed by atoms with Gasteiger partial charge in [-0.05, 0) is 0 Å². The zero-order valence-electron chi connectivity index (χ0n) is 26.5. The van der Waals surface area contributed by atoms with Crippen LogP contribution in [0.2, 0.25) is 0 Å². The van der Waals surface area contributed by atoms with Gasteiger partial charge in [0, 0.05) is 0 Å². The molecule has 0 aliphatic carbocycles. The Bertz CT molecular complexity index is 2730. The van der Waals surface area contributed by atoms with Crippen LogP contribution < -0.4 is 10.5 Å². The zero-order valence-corrected chi connectivity index (χ0v) is 29.1. The standard InChI is InChI=1S/3C16H9.Sb/c3*1-3-11-7-9-13-5-2-6-14-10-8-12(4-1)15(11)16(13)14;/h3*1,3-10H;. The van der Waals surface area contributed by atoms with E-state index in [9.17, 15) is 0 Å². The molecule has 0 unspecified atom stereocenters. The summed E-state index contributed by atoms with van der Waals surface area (Å²) in [5, 5.41) is 24.4. The fraction of sp³-hybridized carbons (Fsp3) is 0. The molecular weight excluding hydrogens is 698 g/mol. The van der Waals surface area contributed by atoms with Crippen LogP contribution in [-0.4, -0.2) is 20.2 Å². The fourth-order valence-corrected chi connectivity index (χ4v) is 16.2. The Kier molecular flexibility index (Phi) is 5.19. The van der Waals surface area contributed by atoms with Crippen molar-refractivity contribution in [3.05, 3.63) is 164 Å². The number of rotatable bonds is 3. The van der Waals surface area contributed by atoms with Crippen molar-refractivity contribution in [2.24, 2.45) is 0 Å². The molecule has 0 aliphatic heterocycles. The van der Waals surface area contributed by atoms with E-state index in [1.807, 2.05) is 0 Å². The molecule has 224 valence electrons. The molecule has 0 nitrogen and oxygen atoms in total. The van der Waals surface area contributed by atoms with Gasteiger partial charge in [0.2, 0.25) is 0 Å². The van der Waals surface area contributed by atoms with E-state index in [1.54, 1.807) is 0 Å². The molecule has 0 heterocycles. The molecule has 0 saturated carbocycles. The molecular formula is C48H27Sb. The summed E-state index contributed by atoms with van der Waals surface area (Å²) in [6.07, 6.45) is 0. The summed E-state index contributed by atoms with van der Waals surface area (Å²) in [7, 11) is 0. The predicted octanol–water partition coefficient (Wildman–Crippen LogP) is 10.9. The molecule has 0 spiro atoms. The molecule has 49 heavy (non-hydrogen) atoms. The third kappa shape index (κ3) is 3.65. The van der Waals surface area contributed by atoms with Crippen molar-refractivity contribution in [3.63, 3.8) is 0 Å². The van der Waals surface area contributed by atoms with Crippen LogP contribution in [0.4, 0.5) is 0 Å². The molecule has 12 aromatic rings. The number of benzene rings is 12. The number of hydrogen-bond acceptors (Lipinski definition) is 0. The van der Waals surface area contributed by atoms with E-state index in [-0.39, 0.29) is 0 Å². The van der Waals surface area contributed by atoms with Crippen LogP contribution in [0, 0.1) is 0 Å². The van der Waals surface area contributed by atoms with E-state index < -0.39 is 20.2 Å². The van der Waals surface area contributed by atoms with Gasteiger partial charge < -0.3 is 0 Å². The number of hydrogen-bond donors (Lipinski definition) is 0. The van der Waals surface area contributed by atoms with Crippen LogP contribution in [0.15, 0.2) is 164 Å². The van der Waals surface area contributed by atoms with Crippen LogP contribution in [-0.2, 0) is 0 Å². The van der Waals surface area contributed by atoms with Crippen molar-refractivity contribution in [1.29, 1.82) is 0 Å². The average Bonchev–Trinajstić information content (AvgIpc) is 3.15. The van der Waals surface area contributed by atoms with Crippen molar-refractivity contribution in [2.45, 2.75) is 0 Å². The van der Waals surface area contributed by atoms with Crippen LogP contribution >= 0.6 is 0 Å². The second-order valence-electron chi connectivity index (χ2n) is 13.8. The quantitative estimate of drug-likeness (QED) is 0.126. The van der Waals surface area contributed by atoms with E-state index >= 15 is 0 Å². The molecule has 0 fully saturated rings. The zero-order chi connectivity index (χ0) is 31.8. The second-order valence-corrected chi connectivity index (χ2v) is 20.1. The molecule has 0 aliphatic rings. The minimum atomic E-state index is -2.63. The summed E-state index contributed by atoms with van der Waals surface area (Å²) in [5.74, 6) is 0. The van der Waals surface area contributed by atoms with Crippen LogP contribution in [0.5, 0.6) is 0 Å². The van der Waals surface area contributed by atoms with Crippen molar-refractivity contribution in [1.82, 2.24) is 0 Å². The first-order valence-electron chi connectivity index (χ1n) is 17.1. The van der Waals surface area contributed by atoms with E-state index in [1.165, 1.54) is 107 Å². The van der Waals surface area contributed by atoms with Gasteiger partial charge in [0.1, 0.15) is 0 Å². The van der Waals surface area contributed by atoms with E-state index in [0.29, 0.717) is 0 Å². The van der Waals surface area contributed by atoms with Gasteiger partial charge in [0.05, 0.1) is 0 Å². The Labute approximate surface area is 289 Å². The Hall–Kier alpha value is -5.42. The normalized spacial score (nSPS) is 12.7. The first-order chi connectivity index (χ1) is 24.2. The monoisotopic (exact) mass is 724 g/mol. The first kappa shape index (κ1) is 26.5. The molecule has 0 N–H and O–H groups in total. The van der Waals surface area contributed by atoms with Gasteiger partial charge in [-0.25, -0.2) is 0 Å². The molecule has 0 atom stereocenters. The second kappa shape index (κ2) is 9.60. The van der Waals surface area contributed by atoms with E-state index in [4.69, 9.17) is 0 Å². The van der Waals surface area contributed by atoms with Crippen LogP contribution in [0.3, 0.4) is 0 Å². The first-order valence-corrected chi connectivity index (χ1v) is 20.9. The van der Waals surface area contributed by atoms with Gasteiger partial charge in [0.15, 0.2) is 0 Å². The van der Waals surface area contributed by atoms with Crippen LogP contribution in [0.25, 0.3) is 97.0 Å². The summed E-state index contributed by atoms with van der Waals surface area (Å²) < 4.78 is 4.53. The Morgan fingerprint density at radius 1 is 0.204 bits per heavy atom. The molecule has 0 bridgehead atoms. The summed E-state index contributed by atoms with van der Waals surface area (Å²) in [6, 6.07) is 63.4. The molecule has 1 heteroatoms. The van der Waals surface area contributed by atoms with Crippen molar-refractivity contribution in [2.75, 3.05) is 0 Å². The van der Waals surface area contributed by atoms with E-state index in [0.717, 1.165) is 0 Å². The fourth-order valence-electron chi connectivity index (χ4n) is 9.05. The van der Waals surface area contributed by atoms with Gasteiger partial charge in [0.25, 0.3) is 0 Å². The van der Waals surface area contributed by atoms with Crippen molar-refractivity contribution in [3.8, 4) is 0 Å². The SMILES string of the molecule is c1cc2ccc3c[c]([Sb]([c]4cc5ccc6cccc7ccc(c4)c5c67)[c]4cc5ccc6cccc7ccc(c4)c5c67)cc4ccc(c1)c2c34. The summed E-state index contributed by atoms with van der Waals surface area (Å²) >= 11 is -2.63.